The minimum atomic E-state index is -0.187. The molecule has 2 aromatic carbocycles. The summed E-state index contributed by atoms with van der Waals surface area (Å²) < 4.78 is 16.8. The van der Waals surface area contributed by atoms with Gasteiger partial charge in [0.2, 0.25) is 0 Å². The molecule has 0 saturated carbocycles. The molecule has 0 fully saturated rings. The average molecular weight is 394 g/mol. The molecule has 0 radical (unpaired) electrons. The van der Waals surface area contributed by atoms with Gasteiger partial charge in [0.1, 0.15) is 23.9 Å². The van der Waals surface area contributed by atoms with E-state index in [1.54, 1.807) is 18.4 Å². The Morgan fingerprint density at radius 1 is 0.966 bits per heavy atom. The number of ether oxygens (including phenoxy) is 2. The molecule has 1 unspecified atom stereocenters. The van der Waals surface area contributed by atoms with Crippen LogP contribution in [-0.4, -0.2) is 38.1 Å². The number of carbonyl (C=O) groups excluding carboxylic acids is 1. The summed E-state index contributed by atoms with van der Waals surface area (Å²) in [6, 6.07) is 20.9. The first-order valence-electron chi connectivity index (χ1n) is 9.48. The average Bonchev–Trinajstić information content (AvgIpc) is 3.26. The van der Waals surface area contributed by atoms with E-state index in [4.69, 9.17) is 13.9 Å². The van der Waals surface area contributed by atoms with Crippen molar-refractivity contribution in [3.63, 3.8) is 0 Å². The molecule has 6 nitrogen and oxygen atoms in total. The van der Waals surface area contributed by atoms with Gasteiger partial charge in [-0.3, -0.25) is 9.69 Å². The Morgan fingerprint density at radius 3 is 2.28 bits per heavy atom. The molecule has 0 aliphatic heterocycles. The summed E-state index contributed by atoms with van der Waals surface area (Å²) in [6.07, 6.45) is 1.63. The van der Waals surface area contributed by atoms with E-state index in [-0.39, 0.29) is 18.6 Å². The van der Waals surface area contributed by atoms with E-state index in [0.29, 0.717) is 18.9 Å². The van der Waals surface area contributed by atoms with Crippen molar-refractivity contribution in [2.45, 2.75) is 12.6 Å². The number of likely N-dealkylation sites (N-methyl/N-ethyl adjacent to an activating group) is 1. The van der Waals surface area contributed by atoms with Gasteiger partial charge in [-0.25, -0.2) is 0 Å². The lowest BCUT2D eigenvalue weighted by Gasteiger charge is -2.22. The molecule has 0 aliphatic rings. The molecule has 1 atom stereocenters. The van der Waals surface area contributed by atoms with Crippen molar-refractivity contribution in [2.75, 3.05) is 27.2 Å². The summed E-state index contributed by atoms with van der Waals surface area (Å²) in [5, 5.41) is 2.88. The number of benzene rings is 2. The van der Waals surface area contributed by atoms with E-state index in [0.717, 1.165) is 17.1 Å². The topological polar surface area (TPSA) is 63.9 Å². The van der Waals surface area contributed by atoms with Gasteiger partial charge in [0.15, 0.2) is 6.61 Å². The molecule has 1 aromatic heterocycles. The maximum atomic E-state index is 12.1. The van der Waals surface area contributed by atoms with Crippen LogP contribution in [0.25, 0.3) is 0 Å². The second kappa shape index (κ2) is 10.3. The number of carbonyl (C=O) groups is 1. The first-order chi connectivity index (χ1) is 14.1. The van der Waals surface area contributed by atoms with Crippen molar-refractivity contribution in [3.05, 3.63) is 84.3 Å². The maximum Gasteiger partial charge on any atom is 0.258 e. The third kappa shape index (κ3) is 6.40. The number of amides is 1. The Bertz CT molecular complexity index is 862. The first kappa shape index (κ1) is 20.5. The Labute approximate surface area is 171 Å². The van der Waals surface area contributed by atoms with Crippen LogP contribution in [0.3, 0.4) is 0 Å². The van der Waals surface area contributed by atoms with Gasteiger partial charge in [-0.15, -0.1) is 0 Å². The Balaban J connectivity index is 1.41. The molecular formula is C23H26N2O4. The Morgan fingerprint density at radius 2 is 1.66 bits per heavy atom. The number of nitrogens with zero attached hydrogens (tertiary/aromatic N) is 1. The minimum Gasteiger partial charge on any atom is -0.489 e. The molecule has 1 heterocycles. The quantitative estimate of drug-likeness (QED) is 0.569. The van der Waals surface area contributed by atoms with Crippen LogP contribution >= 0.6 is 0 Å². The van der Waals surface area contributed by atoms with Crippen molar-refractivity contribution in [2.24, 2.45) is 0 Å². The fourth-order valence-corrected chi connectivity index (χ4v) is 2.80. The van der Waals surface area contributed by atoms with E-state index < -0.39 is 0 Å². The molecule has 3 aromatic rings. The van der Waals surface area contributed by atoms with Gasteiger partial charge < -0.3 is 19.2 Å². The lowest BCUT2D eigenvalue weighted by atomic mass is 10.2. The van der Waals surface area contributed by atoms with E-state index in [1.807, 2.05) is 73.6 Å². The highest BCUT2D eigenvalue weighted by Gasteiger charge is 2.17. The molecule has 1 N–H and O–H groups in total. The number of rotatable bonds is 10. The highest BCUT2D eigenvalue weighted by atomic mass is 16.5. The van der Waals surface area contributed by atoms with Crippen molar-refractivity contribution >= 4 is 5.91 Å². The van der Waals surface area contributed by atoms with Crippen LogP contribution in [0.4, 0.5) is 0 Å². The Kier molecular flexibility index (Phi) is 7.30. The van der Waals surface area contributed by atoms with Gasteiger partial charge in [0, 0.05) is 6.54 Å². The zero-order chi connectivity index (χ0) is 20.5. The zero-order valence-corrected chi connectivity index (χ0v) is 16.7. The minimum absolute atomic E-state index is 0.0324. The first-order valence-corrected chi connectivity index (χ1v) is 9.48. The SMILES string of the molecule is CN(C)C(CNC(=O)COc1ccc(OCc2ccccc2)cc1)c1ccco1. The molecule has 1 amide bonds. The molecule has 3 rings (SSSR count). The second-order valence-electron chi connectivity index (χ2n) is 6.83. The third-order valence-electron chi connectivity index (χ3n) is 4.43. The standard InChI is InChI=1S/C23H26N2O4/c1-25(2)21(22-9-6-14-27-22)15-24-23(26)17-29-20-12-10-19(11-13-20)28-16-18-7-4-3-5-8-18/h3-14,21H,15-17H2,1-2H3,(H,24,26). The monoisotopic (exact) mass is 394 g/mol. The number of hydrogen-bond donors (Lipinski definition) is 1. The summed E-state index contributed by atoms with van der Waals surface area (Å²) >= 11 is 0. The maximum absolute atomic E-state index is 12.1. The van der Waals surface area contributed by atoms with Gasteiger partial charge in [-0.05, 0) is 56.1 Å². The van der Waals surface area contributed by atoms with Crippen LogP contribution in [0.15, 0.2) is 77.4 Å². The van der Waals surface area contributed by atoms with Crippen molar-refractivity contribution < 1.29 is 18.7 Å². The summed E-state index contributed by atoms with van der Waals surface area (Å²) in [6.45, 7) is 0.893. The second-order valence-corrected chi connectivity index (χ2v) is 6.83. The van der Waals surface area contributed by atoms with Crippen molar-refractivity contribution in [1.82, 2.24) is 10.2 Å². The zero-order valence-electron chi connectivity index (χ0n) is 16.7. The molecular weight excluding hydrogens is 368 g/mol. The molecule has 0 bridgehead atoms. The molecule has 29 heavy (non-hydrogen) atoms. The van der Waals surface area contributed by atoms with Gasteiger partial charge in [-0.2, -0.15) is 0 Å². The molecule has 0 spiro atoms. The van der Waals surface area contributed by atoms with Gasteiger partial charge in [-0.1, -0.05) is 30.3 Å². The fourth-order valence-electron chi connectivity index (χ4n) is 2.80. The van der Waals surface area contributed by atoms with Gasteiger partial charge in [0.25, 0.3) is 5.91 Å². The third-order valence-corrected chi connectivity index (χ3v) is 4.43. The summed E-state index contributed by atoms with van der Waals surface area (Å²) in [7, 11) is 3.88. The van der Waals surface area contributed by atoms with E-state index in [1.165, 1.54) is 0 Å². The fraction of sp³-hybridized carbons (Fsp3) is 0.261. The predicted molar refractivity (Wildman–Crippen MR) is 111 cm³/mol. The number of hydrogen-bond acceptors (Lipinski definition) is 5. The predicted octanol–water partition coefficient (Wildman–Crippen LogP) is 3.66. The van der Waals surface area contributed by atoms with Gasteiger partial charge in [0.05, 0.1) is 12.3 Å². The highest BCUT2D eigenvalue weighted by Crippen LogP contribution is 2.19. The Hall–Kier alpha value is -3.25. The summed E-state index contributed by atoms with van der Waals surface area (Å²) in [5.41, 5.74) is 1.11. The largest absolute Gasteiger partial charge is 0.489 e. The molecule has 6 heteroatoms. The van der Waals surface area contributed by atoms with Crippen LogP contribution in [0.1, 0.15) is 17.4 Å². The van der Waals surface area contributed by atoms with Crippen LogP contribution in [0.5, 0.6) is 11.5 Å². The molecule has 152 valence electrons. The van der Waals surface area contributed by atoms with E-state index >= 15 is 0 Å². The van der Waals surface area contributed by atoms with Crippen LogP contribution in [0.2, 0.25) is 0 Å². The van der Waals surface area contributed by atoms with Crippen molar-refractivity contribution in [1.29, 1.82) is 0 Å². The molecule has 0 aliphatic carbocycles. The van der Waals surface area contributed by atoms with E-state index in [2.05, 4.69) is 5.32 Å². The smallest absolute Gasteiger partial charge is 0.258 e. The van der Waals surface area contributed by atoms with Crippen molar-refractivity contribution in [3.8, 4) is 11.5 Å². The number of nitrogens with one attached hydrogen (secondary N) is 1. The normalized spacial score (nSPS) is 11.8. The van der Waals surface area contributed by atoms with E-state index in [9.17, 15) is 4.79 Å². The summed E-state index contributed by atoms with van der Waals surface area (Å²) in [5.74, 6) is 1.98. The lowest BCUT2D eigenvalue weighted by molar-refractivity contribution is -0.123. The number of furan rings is 1. The molecule has 0 saturated heterocycles. The summed E-state index contributed by atoms with van der Waals surface area (Å²) in [4.78, 5) is 14.1. The van der Waals surface area contributed by atoms with Crippen LogP contribution in [0, 0.1) is 0 Å². The van der Waals surface area contributed by atoms with Crippen LogP contribution in [-0.2, 0) is 11.4 Å². The highest BCUT2D eigenvalue weighted by molar-refractivity contribution is 5.77. The lowest BCUT2D eigenvalue weighted by Crippen LogP contribution is -2.36. The van der Waals surface area contributed by atoms with Crippen LogP contribution < -0.4 is 14.8 Å². The van der Waals surface area contributed by atoms with Gasteiger partial charge >= 0.3 is 0 Å².